The van der Waals surface area contributed by atoms with Crippen molar-refractivity contribution in [2.45, 2.75) is 18.6 Å². The van der Waals surface area contributed by atoms with Crippen LogP contribution in [0.2, 0.25) is 5.02 Å². The highest BCUT2D eigenvalue weighted by Gasteiger charge is 2.15. The van der Waals surface area contributed by atoms with Gasteiger partial charge >= 0.3 is 0 Å². The lowest BCUT2D eigenvalue weighted by Crippen LogP contribution is -2.05. The monoisotopic (exact) mass is 262 g/mol. The normalized spacial score (nSPS) is 14.2. The number of hydrogen-bond acceptors (Lipinski definition) is 2. The van der Waals surface area contributed by atoms with Gasteiger partial charge in [0.25, 0.3) is 0 Å². The first-order valence-corrected chi connectivity index (χ1v) is 6.21. The van der Waals surface area contributed by atoms with Gasteiger partial charge in [0, 0.05) is 11.4 Å². The Balaban J connectivity index is 2.05. The molecule has 2 rings (SSSR count). The van der Waals surface area contributed by atoms with Crippen LogP contribution in [-0.2, 0) is 0 Å². The minimum Gasteiger partial charge on any atom is -0.388 e. The number of hydrogen-bond donors (Lipinski definition) is 2. The molecular formula is C15H15ClO2. The largest absolute Gasteiger partial charge is 0.388 e. The second-order valence-corrected chi connectivity index (χ2v) is 4.67. The molecule has 0 aromatic heterocycles. The van der Waals surface area contributed by atoms with Gasteiger partial charge < -0.3 is 10.2 Å². The van der Waals surface area contributed by atoms with E-state index in [9.17, 15) is 10.2 Å². The van der Waals surface area contributed by atoms with Gasteiger partial charge in [-0.2, -0.15) is 0 Å². The summed E-state index contributed by atoms with van der Waals surface area (Å²) in [7, 11) is 0. The lowest BCUT2D eigenvalue weighted by atomic mass is 9.99. The molecule has 0 aliphatic carbocycles. The van der Waals surface area contributed by atoms with E-state index in [1.54, 1.807) is 24.3 Å². The maximum atomic E-state index is 10.1. The van der Waals surface area contributed by atoms with E-state index in [1.165, 1.54) is 0 Å². The fraction of sp³-hybridized carbons (Fsp3) is 0.200. The number of benzene rings is 2. The Morgan fingerprint density at radius 1 is 0.833 bits per heavy atom. The van der Waals surface area contributed by atoms with Gasteiger partial charge in [0.15, 0.2) is 0 Å². The summed E-state index contributed by atoms with van der Waals surface area (Å²) in [5.41, 5.74) is 1.52. The van der Waals surface area contributed by atoms with E-state index >= 15 is 0 Å². The third-order valence-corrected chi connectivity index (χ3v) is 3.10. The van der Waals surface area contributed by atoms with Gasteiger partial charge in [0.1, 0.15) is 0 Å². The average molecular weight is 263 g/mol. The molecule has 0 saturated carbocycles. The van der Waals surface area contributed by atoms with Crippen LogP contribution in [0.3, 0.4) is 0 Å². The van der Waals surface area contributed by atoms with E-state index in [1.807, 2.05) is 30.3 Å². The zero-order valence-electron chi connectivity index (χ0n) is 9.83. The molecule has 0 aliphatic rings. The van der Waals surface area contributed by atoms with Crippen molar-refractivity contribution >= 4 is 11.6 Å². The predicted octanol–water partition coefficient (Wildman–Crippen LogP) is 3.50. The molecule has 0 unspecified atom stereocenters. The Morgan fingerprint density at radius 2 is 1.44 bits per heavy atom. The quantitative estimate of drug-likeness (QED) is 0.885. The van der Waals surface area contributed by atoms with Crippen LogP contribution >= 0.6 is 11.6 Å². The van der Waals surface area contributed by atoms with Crippen molar-refractivity contribution in [3.63, 3.8) is 0 Å². The molecule has 0 spiro atoms. The molecule has 0 bridgehead atoms. The molecule has 0 aliphatic heterocycles. The second kappa shape index (κ2) is 6.01. The van der Waals surface area contributed by atoms with Crippen LogP contribution in [0.15, 0.2) is 54.6 Å². The second-order valence-electron chi connectivity index (χ2n) is 4.23. The van der Waals surface area contributed by atoms with Gasteiger partial charge in [-0.15, -0.1) is 0 Å². The number of halogens is 1. The molecule has 3 heteroatoms. The first kappa shape index (κ1) is 13.1. The van der Waals surface area contributed by atoms with Crippen molar-refractivity contribution in [2.24, 2.45) is 0 Å². The third-order valence-electron chi connectivity index (χ3n) is 2.86. The van der Waals surface area contributed by atoms with E-state index in [4.69, 9.17) is 11.6 Å². The van der Waals surface area contributed by atoms with Crippen LogP contribution in [0.25, 0.3) is 0 Å². The predicted molar refractivity (Wildman–Crippen MR) is 72.4 cm³/mol. The first-order chi connectivity index (χ1) is 8.66. The van der Waals surface area contributed by atoms with Crippen LogP contribution in [0, 0.1) is 0 Å². The molecule has 18 heavy (non-hydrogen) atoms. The summed E-state index contributed by atoms with van der Waals surface area (Å²) < 4.78 is 0. The fourth-order valence-electron chi connectivity index (χ4n) is 1.87. The summed E-state index contributed by atoms with van der Waals surface area (Å²) in [4.78, 5) is 0. The number of rotatable bonds is 4. The standard InChI is InChI=1S/C15H15ClO2/c16-13-8-4-7-12(9-13)15(18)10-14(17)11-5-2-1-3-6-11/h1-9,14-15,17-18H,10H2/t14-,15-/m0/s1. The highest BCUT2D eigenvalue weighted by atomic mass is 35.5. The van der Waals surface area contributed by atoms with Crippen LogP contribution < -0.4 is 0 Å². The molecule has 0 amide bonds. The molecule has 0 radical (unpaired) electrons. The van der Waals surface area contributed by atoms with Gasteiger partial charge in [0.2, 0.25) is 0 Å². The first-order valence-electron chi connectivity index (χ1n) is 5.83. The van der Waals surface area contributed by atoms with Crippen molar-refractivity contribution in [1.29, 1.82) is 0 Å². The van der Waals surface area contributed by atoms with Gasteiger partial charge in [-0.3, -0.25) is 0 Å². The number of aliphatic hydroxyl groups is 2. The lowest BCUT2D eigenvalue weighted by Gasteiger charge is -2.16. The topological polar surface area (TPSA) is 40.5 Å². The Morgan fingerprint density at radius 3 is 2.11 bits per heavy atom. The van der Waals surface area contributed by atoms with E-state index in [0.29, 0.717) is 5.02 Å². The molecule has 94 valence electrons. The fourth-order valence-corrected chi connectivity index (χ4v) is 2.07. The molecule has 2 aromatic rings. The van der Waals surface area contributed by atoms with Crippen LogP contribution in [0.5, 0.6) is 0 Å². The molecule has 2 nitrogen and oxygen atoms in total. The molecular weight excluding hydrogens is 248 g/mol. The summed E-state index contributed by atoms with van der Waals surface area (Å²) >= 11 is 5.87. The molecule has 2 atom stereocenters. The zero-order chi connectivity index (χ0) is 13.0. The molecule has 0 fully saturated rings. The smallest absolute Gasteiger partial charge is 0.0818 e. The maximum absolute atomic E-state index is 10.1. The molecule has 2 N–H and O–H groups in total. The summed E-state index contributed by atoms with van der Waals surface area (Å²) in [6, 6.07) is 16.4. The summed E-state index contributed by atoms with van der Waals surface area (Å²) in [6.45, 7) is 0. The maximum Gasteiger partial charge on any atom is 0.0818 e. The highest BCUT2D eigenvalue weighted by molar-refractivity contribution is 6.30. The van der Waals surface area contributed by atoms with Crippen molar-refractivity contribution in [1.82, 2.24) is 0 Å². The van der Waals surface area contributed by atoms with Crippen LogP contribution in [-0.4, -0.2) is 10.2 Å². The lowest BCUT2D eigenvalue weighted by molar-refractivity contribution is 0.0804. The summed E-state index contributed by atoms with van der Waals surface area (Å²) in [6.07, 6.45) is -1.15. The zero-order valence-corrected chi connectivity index (χ0v) is 10.6. The Hall–Kier alpha value is -1.35. The van der Waals surface area contributed by atoms with E-state index < -0.39 is 12.2 Å². The van der Waals surface area contributed by atoms with Crippen LogP contribution in [0.4, 0.5) is 0 Å². The Labute approximate surface area is 111 Å². The van der Waals surface area contributed by atoms with Gasteiger partial charge in [-0.05, 0) is 23.3 Å². The van der Waals surface area contributed by atoms with Gasteiger partial charge in [0.05, 0.1) is 12.2 Å². The SMILES string of the molecule is O[C@@H](C[C@H](O)c1cccc(Cl)c1)c1ccccc1. The van der Waals surface area contributed by atoms with Crippen molar-refractivity contribution in [2.75, 3.05) is 0 Å². The Bertz CT molecular complexity index is 499. The minimum atomic E-state index is -0.723. The third kappa shape index (κ3) is 3.33. The van der Waals surface area contributed by atoms with E-state index in [2.05, 4.69) is 0 Å². The number of aliphatic hydroxyl groups excluding tert-OH is 2. The van der Waals surface area contributed by atoms with Gasteiger partial charge in [-0.25, -0.2) is 0 Å². The minimum absolute atomic E-state index is 0.254. The van der Waals surface area contributed by atoms with E-state index in [-0.39, 0.29) is 6.42 Å². The Kier molecular flexibility index (Phi) is 4.37. The van der Waals surface area contributed by atoms with Crippen molar-refractivity contribution in [3.05, 3.63) is 70.7 Å². The average Bonchev–Trinajstić information content (AvgIpc) is 2.39. The summed E-state index contributed by atoms with van der Waals surface area (Å²) in [5, 5.41) is 20.7. The van der Waals surface area contributed by atoms with E-state index in [0.717, 1.165) is 11.1 Å². The molecule has 0 heterocycles. The summed E-state index contributed by atoms with van der Waals surface area (Å²) in [5.74, 6) is 0. The molecule has 2 aromatic carbocycles. The van der Waals surface area contributed by atoms with Crippen LogP contribution in [0.1, 0.15) is 29.8 Å². The molecule has 0 saturated heterocycles. The van der Waals surface area contributed by atoms with Crippen molar-refractivity contribution in [3.8, 4) is 0 Å². The van der Waals surface area contributed by atoms with Crippen molar-refractivity contribution < 1.29 is 10.2 Å². The van der Waals surface area contributed by atoms with Gasteiger partial charge in [-0.1, -0.05) is 54.1 Å². The highest BCUT2D eigenvalue weighted by Crippen LogP contribution is 2.27.